The highest BCUT2D eigenvalue weighted by molar-refractivity contribution is 5.85. The SMILES string of the molecule is CCCc1nccn1-c1ccc(COc2cc(F)cc(C3CC(OC)CCO3)c2)cc1.Cl. The lowest BCUT2D eigenvalue weighted by Gasteiger charge is -2.29. The molecular formula is C25H30ClFN2O3. The summed E-state index contributed by atoms with van der Waals surface area (Å²) in [5, 5.41) is 0. The smallest absolute Gasteiger partial charge is 0.127 e. The van der Waals surface area contributed by atoms with Crippen LogP contribution in [0.5, 0.6) is 5.75 Å². The van der Waals surface area contributed by atoms with Gasteiger partial charge in [0.15, 0.2) is 0 Å². The zero-order valence-corrected chi connectivity index (χ0v) is 19.3. The zero-order valence-electron chi connectivity index (χ0n) is 18.5. The number of rotatable bonds is 8. The number of aromatic nitrogens is 2. The van der Waals surface area contributed by atoms with Crippen molar-refractivity contribution < 1.29 is 18.6 Å². The van der Waals surface area contributed by atoms with Gasteiger partial charge >= 0.3 is 0 Å². The van der Waals surface area contributed by atoms with Gasteiger partial charge in [0.05, 0.1) is 12.2 Å². The fourth-order valence-electron chi connectivity index (χ4n) is 3.96. The summed E-state index contributed by atoms with van der Waals surface area (Å²) in [5.41, 5.74) is 2.87. The van der Waals surface area contributed by atoms with Gasteiger partial charge < -0.3 is 18.8 Å². The number of benzene rings is 2. The maximum Gasteiger partial charge on any atom is 0.127 e. The van der Waals surface area contributed by atoms with Gasteiger partial charge in [-0.15, -0.1) is 12.4 Å². The summed E-state index contributed by atoms with van der Waals surface area (Å²) in [6.07, 6.45) is 7.34. The van der Waals surface area contributed by atoms with Crippen LogP contribution in [-0.2, 0) is 22.5 Å². The number of halogens is 2. The van der Waals surface area contributed by atoms with Crippen LogP contribution < -0.4 is 4.74 Å². The Morgan fingerprint density at radius 3 is 2.75 bits per heavy atom. The average molecular weight is 461 g/mol. The number of hydrogen-bond donors (Lipinski definition) is 0. The van der Waals surface area contributed by atoms with Crippen LogP contribution in [0.2, 0.25) is 0 Å². The summed E-state index contributed by atoms with van der Waals surface area (Å²) in [7, 11) is 1.70. The van der Waals surface area contributed by atoms with Crippen LogP contribution in [0.1, 0.15) is 49.2 Å². The third-order valence-electron chi connectivity index (χ3n) is 5.65. The van der Waals surface area contributed by atoms with Crippen LogP contribution in [0.3, 0.4) is 0 Å². The van der Waals surface area contributed by atoms with E-state index in [2.05, 4.69) is 28.6 Å². The lowest BCUT2D eigenvalue weighted by molar-refractivity contribution is -0.0600. The molecule has 2 unspecified atom stereocenters. The summed E-state index contributed by atoms with van der Waals surface area (Å²) >= 11 is 0. The highest BCUT2D eigenvalue weighted by Crippen LogP contribution is 2.32. The van der Waals surface area contributed by atoms with E-state index in [1.807, 2.05) is 30.6 Å². The summed E-state index contributed by atoms with van der Waals surface area (Å²) < 4.78 is 33.5. The maximum atomic E-state index is 14.2. The Kier molecular flexibility index (Phi) is 8.67. The van der Waals surface area contributed by atoms with Crippen molar-refractivity contribution >= 4 is 12.4 Å². The van der Waals surface area contributed by atoms with Gasteiger partial charge in [0, 0.05) is 50.7 Å². The molecule has 2 atom stereocenters. The van der Waals surface area contributed by atoms with Crippen LogP contribution in [0.15, 0.2) is 54.9 Å². The van der Waals surface area contributed by atoms with Crippen LogP contribution in [0.4, 0.5) is 4.39 Å². The molecule has 0 saturated carbocycles. The predicted molar refractivity (Wildman–Crippen MR) is 124 cm³/mol. The third-order valence-corrected chi connectivity index (χ3v) is 5.65. The topological polar surface area (TPSA) is 45.5 Å². The molecular weight excluding hydrogens is 431 g/mol. The molecule has 0 amide bonds. The normalized spacial score (nSPS) is 18.2. The van der Waals surface area contributed by atoms with Gasteiger partial charge in [0.25, 0.3) is 0 Å². The van der Waals surface area contributed by atoms with Gasteiger partial charge in [-0.05, 0) is 48.2 Å². The first-order chi connectivity index (χ1) is 15.2. The van der Waals surface area contributed by atoms with Crippen molar-refractivity contribution in [3.05, 3.63) is 77.6 Å². The van der Waals surface area contributed by atoms with E-state index in [0.29, 0.717) is 19.0 Å². The highest BCUT2D eigenvalue weighted by atomic mass is 35.5. The van der Waals surface area contributed by atoms with E-state index < -0.39 is 0 Å². The number of ether oxygens (including phenoxy) is 3. The van der Waals surface area contributed by atoms with E-state index in [4.69, 9.17) is 14.2 Å². The lowest BCUT2D eigenvalue weighted by Crippen LogP contribution is -2.25. The molecule has 1 saturated heterocycles. The van der Waals surface area contributed by atoms with Crippen LogP contribution >= 0.6 is 12.4 Å². The van der Waals surface area contributed by atoms with Gasteiger partial charge in [0.1, 0.15) is 24.0 Å². The minimum Gasteiger partial charge on any atom is -0.489 e. The minimum atomic E-state index is -0.324. The number of hydrogen-bond acceptors (Lipinski definition) is 4. The van der Waals surface area contributed by atoms with Gasteiger partial charge in [-0.1, -0.05) is 19.1 Å². The van der Waals surface area contributed by atoms with Crippen LogP contribution in [0, 0.1) is 5.82 Å². The molecule has 0 bridgehead atoms. The standard InChI is InChI=1S/C25H29FN2O3.ClH/c1-3-4-25-27-10-11-28(25)21-7-5-18(6-8-21)17-31-23-14-19(13-20(26)15-23)24-16-22(29-2)9-12-30-24;/h5-8,10-11,13-15,22,24H,3-4,9,12,16-17H2,1-2H3;1H. The molecule has 0 radical (unpaired) electrons. The summed E-state index contributed by atoms with van der Waals surface area (Å²) in [6.45, 7) is 3.12. The monoisotopic (exact) mass is 460 g/mol. The fraction of sp³-hybridized carbons (Fsp3) is 0.400. The van der Waals surface area contributed by atoms with E-state index in [1.54, 1.807) is 7.11 Å². The van der Waals surface area contributed by atoms with Gasteiger partial charge in [-0.3, -0.25) is 0 Å². The predicted octanol–water partition coefficient (Wildman–Crippen LogP) is 5.83. The second-order valence-corrected chi connectivity index (χ2v) is 7.88. The van der Waals surface area contributed by atoms with E-state index >= 15 is 0 Å². The maximum absolute atomic E-state index is 14.2. The highest BCUT2D eigenvalue weighted by Gasteiger charge is 2.24. The Hall–Kier alpha value is -2.41. The van der Waals surface area contributed by atoms with E-state index in [-0.39, 0.29) is 30.4 Å². The molecule has 1 fully saturated rings. The Morgan fingerprint density at radius 1 is 1.19 bits per heavy atom. The summed E-state index contributed by atoms with van der Waals surface area (Å²) in [6, 6.07) is 13.0. The number of nitrogens with zero attached hydrogens (tertiary/aromatic N) is 2. The number of methoxy groups -OCH3 is 1. The molecule has 1 aliphatic heterocycles. The molecule has 4 rings (SSSR count). The lowest BCUT2D eigenvalue weighted by atomic mass is 9.99. The molecule has 2 aromatic carbocycles. The van der Waals surface area contributed by atoms with Crippen molar-refractivity contribution in [2.24, 2.45) is 0 Å². The molecule has 5 nitrogen and oxygen atoms in total. The van der Waals surface area contributed by atoms with Crippen molar-refractivity contribution in [1.82, 2.24) is 9.55 Å². The summed E-state index contributed by atoms with van der Waals surface area (Å²) in [4.78, 5) is 4.43. The van der Waals surface area contributed by atoms with E-state index in [0.717, 1.165) is 48.3 Å². The number of imidazole rings is 1. The Labute approximate surface area is 194 Å². The van der Waals surface area contributed by atoms with Crippen molar-refractivity contribution in [2.75, 3.05) is 13.7 Å². The largest absolute Gasteiger partial charge is 0.489 e. The quantitative estimate of drug-likeness (QED) is 0.424. The molecule has 3 aromatic rings. The third kappa shape index (κ3) is 5.88. The molecule has 0 spiro atoms. The molecule has 32 heavy (non-hydrogen) atoms. The van der Waals surface area contributed by atoms with Crippen LogP contribution in [-0.4, -0.2) is 29.4 Å². The number of aryl methyl sites for hydroxylation is 1. The molecule has 7 heteroatoms. The fourth-order valence-corrected chi connectivity index (χ4v) is 3.96. The van der Waals surface area contributed by atoms with Gasteiger partial charge in [0.2, 0.25) is 0 Å². The molecule has 1 aliphatic rings. The summed E-state index contributed by atoms with van der Waals surface area (Å²) in [5.74, 6) is 1.23. The molecule has 1 aromatic heterocycles. The van der Waals surface area contributed by atoms with Crippen LogP contribution in [0.25, 0.3) is 5.69 Å². The second-order valence-electron chi connectivity index (χ2n) is 7.88. The van der Waals surface area contributed by atoms with Crippen molar-refractivity contribution in [3.8, 4) is 11.4 Å². The Balaban J connectivity index is 0.00000289. The molecule has 0 N–H and O–H groups in total. The molecule has 172 valence electrons. The van der Waals surface area contributed by atoms with Crippen molar-refractivity contribution in [2.45, 2.75) is 51.4 Å². The van der Waals surface area contributed by atoms with Gasteiger partial charge in [-0.25, -0.2) is 9.37 Å². The zero-order chi connectivity index (χ0) is 21.6. The molecule has 0 aliphatic carbocycles. The Bertz CT molecular complexity index is 993. The Morgan fingerprint density at radius 2 is 2.00 bits per heavy atom. The first-order valence-corrected chi connectivity index (χ1v) is 10.9. The second kappa shape index (κ2) is 11.5. The van der Waals surface area contributed by atoms with E-state index in [1.165, 1.54) is 12.1 Å². The average Bonchev–Trinajstić information content (AvgIpc) is 3.26. The van der Waals surface area contributed by atoms with Gasteiger partial charge in [-0.2, -0.15) is 0 Å². The first-order valence-electron chi connectivity index (χ1n) is 10.9. The minimum absolute atomic E-state index is 0. The first kappa shape index (κ1) is 24.2. The van der Waals surface area contributed by atoms with Crippen molar-refractivity contribution in [3.63, 3.8) is 0 Å². The van der Waals surface area contributed by atoms with E-state index in [9.17, 15) is 4.39 Å². The van der Waals surface area contributed by atoms with Crippen molar-refractivity contribution in [1.29, 1.82) is 0 Å². The molecule has 2 heterocycles.